The second-order valence-corrected chi connectivity index (χ2v) is 18.6. The lowest BCUT2D eigenvalue weighted by Crippen LogP contribution is -2.00. The van der Waals surface area contributed by atoms with Crippen molar-refractivity contribution in [2.24, 2.45) is 0 Å². The molecular weight excluding hydrogens is 784 g/mol. The number of hydrogen-bond donors (Lipinski definition) is 0. The molecule has 0 amide bonds. The smallest absolute Gasteiger partial charge is 0.127 e. The lowest BCUT2D eigenvalue weighted by Gasteiger charge is -2.16. The number of hydrogen-bond acceptors (Lipinski definition) is 4. The predicted octanol–water partition coefficient (Wildman–Crippen LogP) is 16.5. The molecule has 0 fully saturated rings. The Balaban J connectivity index is 1.71. The van der Waals surface area contributed by atoms with Gasteiger partial charge in [-0.1, -0.05) is 117 Å². The molecule has 0 radical (unpaired) electrons. The first-order valence-electron chi connectivity index (χ1n) is 19.6. The maximum Gasteiger partial charge on any atom is 0.127 e. The Labute approximate surface area is 329 Å². The van der Waals surface area contributed by atoms with Crippen LogP contribution in [-0.2, 0) is 12.8 Å². The SMILES string of the molecule is CCCCCCCCc1ccc(OCCCC)c(-c2cc(Br)sc2-c2sc(Br)cc2-c2cc(CCCCCCCC)ccc2OCCCC)c1. The summed E-state index contributed by atoms with van der Waals surface area (Å²) in [6, 6.07) is 18.5. The molecule has 2 aromatic heterocycles. The van der Waals surface area contributed by atoms with Crippen LogP contribution in [0.4, 0.5) is 0 Å². The van der Waals surface area contributed by atoms with Gasteiger partial charge in [0.15, 0.2) is 0 Å². The van der Waals surface area contributed by atoms with Gasteiger partial charge in [0.1, 0.15) is 11.5 Å². The predicted molar refractivity (Wildman–Crippen MR) is 229 cm³/mol. The van der Waals surface area contributed by atoms with Crippen molar-refractivity contribution in [2.45, 2.75) is 143 Å². The zero-order valence-electron chi connectivity index (χ0n) is 31.1. The Morgan fingerprint density at radius 2 is 0.820 bits per heavy atom. The van der Waals surface area contributed by atoms with E-state index in [1.165, 1.54) is 120 Å². The summed E-state index contributed by atoms with van der Waals surface area (Å²) in [5.74, 6) is 1.97. The maximum absolute atomic E-state index is 6.50. The molecule has 0 aliphatic carbocycles. The van der Waals surface area contributed by atoms with E-state index in [2.05, 4.69) is 108 Å². The van der Waals surface area contributed by atoms with Crippen LogP contribution in [0.2, 0.25) is 0 Å². The van der Waals surface area contributed by atoms with Crippen molar-refractivity contribution >= 4 is 54.5 Å². The molecule has 0 saturated heterocycles. The Morgan fingerprint density at radius 3 is 1.22 bits per heavy atom. The van der Waals surface area contributed by atoms with Gasteiger partial charge in [-0.3, -0.25) is 0 Å². The molecule has 0 unspecified atom stereocenters. The third kappa shape index (κ3) is 12.8. The molecule has 0 atom stereocenters. The van der Waals surface area contributed by atoms with E-state index < -0.39 is 0 Å². The zero-order valence-corrected chi connectivity index (χ0v) is 36.0. The van der Waals surface area contributed by atoms with Gasteiger partial charge in [0, 0.05) is 22.3 Å². The van der Waals surface area contributed by atoms with E-state index in [1.807, 2.05) is 22.7 Å². The van der Waals surface area contributed by atoms with Gasteiger partial charge in [-0.2, -0.15) is 0 Å². The number of rotatable bonds is 25. The van der Waals surface area contributed by atoms with Crippen molar-refractivity contribution in [3.63, 3.8) is 0 Å². The van der Waals surface area contributed by atoms with E-state index >= 15 is 0 Å². The highest BCUT2D eigenvalue weighted by Gasteiger charge is 2.23. The molecule has 2 heterocycles. The molecule has 2 nitrogen and oxygen atoms in total. The molecule has 0 spiro atoms. The summed E-state index contributed by atoms with van der Waals surface area (Å²) in [6.45, 7) is 10.5. The van der Waals surface area contributed by atoms with Gasteiger partial charge in [0.2, 0.25) is 0 Å². The summed E-state index contributed by atoms with van der Waals surface area (Å²) in [7, 11) is 0. The van der Waals surface area contributed by atoms with Crippen LogP contribution < -0.4 is 9.47 Å². The monoisotopic (exact) mass is 842 g/mol. The molecular formula is C44H60Br2O2S2. The molecule has 50 heavy (non-hydrogen) atoms. The second kappa shape index (κ2) is 23.1. The molecule has 4 rings (SSSR count). The van der Waals surface area contributed by atoms with Crippen LogP contribution in [0.3, 0.4) is 0 Å². The molecule has 0 bridgehead atoms. The van der Waals surface area contributed by atoms with Gasteiger partial charge in [-0.25, -0.2) is 0 Å². The number of aryl methyl sites for hydroxylation is 2. The van der Waals surface area contributed by atoms with Gasteiger partial charge >= 0.3 is 0 Å². The Bertz CT molecular complexity index is 1440. The highest BCUT2D eigenvalue weighted by Crippen LogP contribution is 2.52. The summed E-state index contributed by atoms with van der Waals surface area (Å²) in [6.07, 6.45) is 22.3. The van der Waals surface area contributed by atoms with Gasteiger partial charge in [0.05, 0.1) is 30.5 Å². The first-order chi connectivity index (χ1) is 24.5. The minimum absolute atomic E-state index is 0.737. The fourth-order valence-electron chi connectivity index (χ4n) is 6.47. The van der Waals surface area contributed by atoms with E-state index in [9.17, 15) is 0 Å². The van der Waals surface area contributed by atoms with Crippen LogP contribution in [0.5, 0.6) is 11.5 Å². The fourth-order valence-corrected chi connectivity index (χ4v) is 9.85. The van der Waals surface area contributed by atoms with E-state index in [0.717, 1.165) is 70.8 Å². The standard InChI is InChI=1S/C44H60Br2O2S2/c1-5-9-13-15-17-19-21-33-23-25-39(47-27-11-7-3)35(29-33)37-31-41(45)49-43(37)44-38(32-42(46)50-44)36-30-34(22-20-18-16-14-10-6-2)24-26-40(36)48-28-12-8-4/h23-26,29-32H,5-22,27-28H2,1-4H3. The summed E-state index contributed by atoms with van der Waals surface area (Å²) < 4.78 is 15.3. The molecule has 0 aliphatic rings. The summed E-state index contributed by atoms with van der Waals surface area (Å²) in [5, 5.41) is 0. The Morgan fingerprint density at radius 1 is 0.440 bits per heavy atom. The lowest BCUT2D eigenvalue weighted by atomic mass is 9.96. The number of unbranched alkanes of at least 4 members (excludes halogenated alkanes) is 12. The topological polar surface area (TPSA) is 18.5 Å². The second-order valence-electron chi connectivity index (χ2n) is 13.7. The molecule has 6 heteroatoms. The van der Waals surface area contributed by atoms with Gasteiger partial charge < -0.3 is 9.47 Å². The highest BCUT2D eigenvalue weighted by molar-refractivity contribution is 9.11. The van der Waals surface area contributed by atoms with E-state index in [-0.39, 0.29) is 0 Å². The Hall–Kier alpha value is -1.60. The zero-order chi connectivity index (χ0) is 35.6. The Kier molecular flexibility index (Phi) is 19.1. The average Bonchev–Trinajstić information content (AvgIpc) is 3.70. The number of ether oxygens (including phenoxy) is 2. The lowest BCUT2D eigenvalue weighted by molar-refractivity contribution is 0.310. The number of halogens is 2. The summed E-state index contributed by atoms with van der Waals surface area (Å²) in [5.41, 5.74) is 7.68. The third-order valence-electron chi connectivity index (χ3n) is 9.43. The minimum Gasteiger partial charge on any atom is -0.493 e. The first kappa shape index (κ1) is 41.2. The van der Waals surface area contributed by atoms with Crippen molar-refractivity contribution in [2.75, 3.05) is 13.2 Å². The van der Waals surface area contributed by atoms with Crippen LogP contribution in [0.25, 0.3) is 32.0 Å². The van der Waals surface area contributed by atoms with E-state index in [1.54, 1.807) is 0 Å². The summed E-state index contributed by atoms with van der Waals surface area (Å²) in [4.78, 5) is 2.56. The number of benzene rings is 2. The molecule has 4 aromatic rings. The molecule has 0 N–H and O–H groups in total. The fraction of sp³-hybridized carbons (Fsp3) is 0.545. The van der Waals surface area contributed by atoms with Crippen LogP contribution in [0.1, 0.15) is 142 Å². The van der Waals surface area contributed by atoms with E-state index in [4.69, 9.17) is 9.47 Å². The third-order valence-corrected chi connectivity index (χ3v) is 12.9. The van der Waals surface area contributed by atoms with Gasteiger partial charge in [0.25, 0.3) is 0 Å². The molecule has 0 saturated carbocycles. The normalized spacial score (nSPS) is 11.4. The summed E-state index contributed by atoms with van der Waals surface area (Å²) >= 11 is 11.5. The average molecular weight is 845 g/mol. The van der Waals surface area contributed by atoms with Crippen LogP contribution in [-0.4, -0.2) is 13.2 Å². The van der Waals surface area contributed by atoms with Crippen LogP contribution >= 0.6 is 54.5 Å². The van der Waals surface area contributed by atoms with Gasteiger partial charge in [-0.05, 0) is 118 Å². The largest absolute Gasteiger partial charge is 0.493 e. The van der Waals surface area contributed by atoms with Crippen molar-refractivity contribution in [3.8, 4) is 43.5 Å². The maximum atomic E-state index is 6.50. The minimum atomic E-state index is 0.737. The van der Waals surface area contributed by atoms with Crippen LogP contribution in [0.15, 0.2) is 56.1 Å². The van der Waals surface area contributed by atoms with Crippen molar-refractivity contribution < 1.29 is 9.47 Å². The molecule has 2 aromatic carbocycles. The van der Waals surface area contributed by atoms with Crippen molar-refractivity contribution in [1.29, 1.82) is 0 Å². The van der Waals surface area contributed by atoms with Crippen molar-refractivity contribution in [3.05, 3.63) is 67.2 Å². The van der Waals surface area contributed by atoms with Crippen molar-refractivity contribution in [1.82, 2.24) is 0 Å². The van der Waals surface area contributed by atoms with E-state index in [0.29, 0.717) is 0 Å². The highest BCUT2D eigenvalue weighted by atomic mass is 79.9. The molecule has 274 valence electrons. The first-order valence-corrected chi connectivity index (χ1v) is 22.8. The number of thiophene rings is 2. The quantitative estimate of drug-likeness (QED) is 0.0619. The van der Waals surface area contributed by atoms with Gasteiger partial charge in [-0.15, -0.1) is 22.7 Å². The molecule has 0 aliphatic heterocycles. The van der Waals surface area contributed by atoms with Crippen LogP contribution in [0, 0.1) is 0 Å².